The minimum Gasteiger partial charge on any atom is -0.402 e. The predicted octanol–water partition coefficient (Wildman–Crippen LogP) is 4.05. The summed E-state index contributed by atoms with van der Waals surface area (Å²) in [6.45, 7) is 4.56. The quantitative estimate of drug-likeness (QED) is 0.677. The van der Waals surface area contributed by atoms with Gasteiger partial charge in [0.2, 0.25) is 0 Å². The van der Waals surface area contributed by atoms with E-state index in [1.807, 2.05) is 0 Å². The maximum absolute atomic E-state index is 12.8. The van der Waals surface area contributed by atoms with Crippen LogP contribution >= 0.6 is 0 Å². The van der Waals surface area contributed by atoms with E-state index in [-0.39, 0.29) is 5.82 Å². The number of nitrogen functional groups attached to an aromatic ring is 1. The van der Waals surface area contributed by atoms with Crippen LogP contribution in [0.2, 0.25) is 0 Å². The summed E-state index contributed by atoms with van der Waals surface area (Å²) >= 11 is 0. The molecule has 6 rings (SSSR count). The lowest BCUT2D eigenvalue weighted by atomic mass is 9.83. The Kier molecular flexibility index (Phi) is 5.48. The van der Waals surface area contributed by atoms with E-state index in [0.29, 0.717) is 41.0 Å². The largest absolute Gasteiger partial charge is 0.573 e. The number of nitrogens with two attached hydrogens (primary N) is 1. The Balaban J connectivity index is 1.26. The monoisotopic (exact) mass is 477 g/mol. The Morgan fingerprint density at radius 3 is 2.56 bits per heavy atom. The molecule has 3 heterocycles. The van der Waals surface area contributed by atoms with Crippen molar-refractivity contribution in [2.45, 2.75) is 57.0 Å². The van der Waals surface area contributed by atoms with Gasteiger partial charge in [0.15, 0.2) is 11.6 Å². The number of ether oxygens (including phenoxy) is 2. The van der Waals surface area contributed by atoms with E-state index in [0.717, 1.165) is 39.3 Å². The number of hydrogen-bond acceptors (Lipinski definition) is 6. The zero-order valence-electron chi connectivity index (χ0n) is 19.0. The molecule has 4 atom stereocenters. The SMILES string of the molecule is Nc1ncc(-c2cc([C@@H]3CC4C[C@H]3CC4N3CCOCC3)n(CC3CC3)n2)cc1OC(F)(F)F. The van der Waals surface area contributed by atoms with Crippen LogP contribution in [0, 0.1) is 17.8 Å². The molecule has 184 valence electrons. The highest BCUT2D eigenvalue weighted by Crippen LogP contribution is 2.55. The second-order valence-corrected chi connectivity index (χ2v) is 10.3. The van der Waals surface area contributed by atoms with Gasteiger partial charge in [0.1, 0.15) is 0 Å². The highest BCUT2D eigenvalue weighted by Gasteiger charge is 2.49. The first-order valence-electron chi connectivity index (χ1n) is 12.3. The number of rotatable bonds is 6. The molecule has 0 amide bonds. The van der Waals surface area contributed by atoms with Crippen LogP contribution in [0.25, 0.3) is 11.3 Å². The Hall–Kier alpha value is -2.33. The van der Waals surface area contributed by atoms with Gasteiger partial charge in [0.25, 0.3) is 0 Å². The third-order valence-electron chi connectivity index (χ3n) is 8.06. The summed E-state index contributed by atoms with van der Waals surface area (Å²) in [4.78, 5) is 6.55. The molecule has 1 saturated heterocycles. The van der Waals surface area contributed by atoms with Gasteiger partial charge in [0.05, 0.1) is 18.9 Å². The fourth-order valence-corrected chi connectivity index (χ4v) is 6.33. The molecule has 0 radical (unpaired) electrons. The molecule has 4 fully saturated rings. The number of fused-ring (bicyclic) bond motifs is 2. The number of nitrogens with zero attached hydrogens (tertiary/aromatic N) is 4. The van der Waals surface area contributed by atoms with E-state index in [1.54, 1.807) is 0 Å². The number of alkyl halides is 3. The van der Waals surface area contributed by atoms with Crippen LogP contribution < -0.4 is 10.5 Å². The summed E-state index contributed by atoms with van der Waals surface area (Å²) in [6.07, 6.45) is 2.64. The minimum atomic E-state index is -4.83. The Morgan fingerprint density at radius 2 is 1.88 bits per heavy atom. The van der Waals surface area contributed by atoms with Gasteiger partial charge >= 0.3 is 6.36 Å². The smallest absolute Gasteiger partial charge is 0.402 e. The Morgan fingerprint density at radius 1 is 1.09 bits per heavy atom. The molecule has 2 aromatic heterocycles. The number of halogens is 3. The predicted molar refractivity (Wildman–Crippen MR) is 119 cm³/mol. The Bertz CT molecular complexity index is 1050. The molecule has 3 saturated carbocycles. The summed E-state index contributed by atoms with van der Waals surface area (Å²) in [5.74, 6) is 1.60. The second kappa shape index (κ2) is 8.41. The molecule has 0 aromatic carbocycles. The topological polar surface area (TPSA) is 78.4 Å². The van der Waals surface area contributed by atoms with Crippen molar-refractivity contribution in [3.63, 3.8) is 0 Å². The van der Waals surface area contributed by atoms with Crippen LogP contribution in [-0.4, -0.2) is 58.4 Å². The summed E-state index contributed by atoms with van der Waals surface area (Å²) in [5.41, 5.74) is 7.95. The molecular weight excluding hydrogens is 447 g/mol. The van der Waals surface area contributed by atoms with Gasteiger partial charge < -0.3 is 15.2 Å². The molecule has 34 heavy (non-hydrogen) atoms. The van der Waals surface area contributed by atoms with Crippen LogP contribution in [0.3, 0.4) is 0 Å². The van der Waals surface area contributed by atoms with Crippen molar-refractivity contribution >= 4 is 5.82 Å². The Labute approximate surface area is 196 Å². The van der Waals surface area contributed by atoms with E-state index in [4.69, 9.17) is 15.6 Å². The van der Waals surface area contributed by atoms with Crippen molar-refractivity contribution in [1.82, 2.24) is 19.7 Å². The van der Waals surface area contributed by atoms with Crippen molar-refractivity contribution in [3.8, 4) is 17.0 Å². The number of hydrogen-bond donors (Lipinski definition) is 1. The number of anilines is 1. The van der Waals surface area contributed by atoms with Crippen LogP contribution in [0.5, 0.6) is 5.75 Å². The zero-order valence-corrected chi connectivity index (χ0v) is 19.0. The molecule has 0 spiro atoms. The van der Waals surface area contributed by atoms with Gasteiger partial charge in [-0.3, -0.25) is 9.58 Å². The first kappa shape index (κ1) is 22.2. The fourth-order valence-electron chi connectivity index (χ4n) is 6.33. The molecule has 3 aliphatic carbocycles. The standard InChI is InChI=1S/C24H30F3N5O2/c25-24(26,27)34-22-10-17(12-29-23(22)28)19-11-21(32(30-19)13-14-1-2-14)18-8-16-7-15(18)9-20(16)31-3-5-33-6-4-31/h10-12,14-16,18,20H,1-9,13H2,(H2,28,29)/t15-,16?,18+,20?/m0/s1. The van der Waals surface area contributed by atoms with Gasteiger partial charge in [-0.15, -0.1) is 13.2 Å². The van der Waals surface area contributed by atoms with E-state index in [2.05, 4.69) is 25.4 Å². The van der Waals surface area contributed by atoms with Crippen molar-refractivity contribution < 1.29 is 22.6 Å². The van der Waals surface area contributed by atoms with Crippen LogP contribution in [0.4, 0.5) is 19.0 Å². The first-order valence-corrected chi connectivity index (χ1v) is 12.3. The van der Waals surface area contributed by atoms with E-state index < -0.39 is 12.1 Å². The van der Waals surface area contributed by atoms with Gasteiger partial charge in [-0.2, -0.15) is 5.10 Å². The lowest BCUT2D eigenvalue weighted by molar-refractivity contribution is -0.274. The second-order valence-electron chi connectivity index (χ2n) is 10.3. The number of pyridine rings is 1. The molecule has 4 aliphatic rings. The van der Waals surface area contributed by atoms with Crippen LogP contribution in [0.15, 0.2) is 18.3 Å². The van der Waals surface area contributed by atoms with Crippen molar-refractivity contribution in [3.05, 3.63) is 24.0 Å². The first-order chi connectivity index (χ1) is 16.3. The maximum atomic E-state index is 12.8. The molecule has 2 N–H and O–H groups in total. The molecule has 2 bridgehead atoms. The normalized spacial score (nSPS) is 29.6. The summed E-state index contributed by atoms with van der Waals surface area (Å²) in [6, 6.07) is 3.99. The average molecular weight is 478 g/mol. The van der Waals surface area contributed by atoms with Gasteiger partial charge in [0, 0.05) is 49.0 Å². The van der Waals surface area contributed by atoms with Crippen molar-refractivity contribution in [1.29, 1.82) is 0 Å². The lowest BCUT2D eigenvalue weighted by Crippen LogP contribution is -2.46. The molecule has 7 nitrogen and oxygen atoms in total. The van der Waals surface area contributed by atoms with Crippen LogP contribution in [-0.2, 0) is 11.3 Å². The maximum Gasteiger partial charge on any atom is 0.573 e. The van der Waals surface area contributed by atoms with E-state index in [1.165, 1.54) is 43.6 Å². The zero-order chi connectivity index (χ0) is 23.4. The summed E-state index contributed by atoms with van der Waals surface area (Å²) < 4.78 is 50.1. The van der Waals surface area contributed by atoms with Crippen LogP contribution in [0.1, 0.15) is 43.7 Å². The number of aromatic nitrogens is 3. The molecule has 10 heteroatoms. The van der Waals surface area contributed by atoms with E-state index >= 15 is 0 Å². The third-order valence-corrected chi connectivity index (χ3v) is 8.06. The highest BCUT2D eigenvalue weighted by molar-refractivity contribution is 5.64. The molecule has 2 unspecified atom stereocenters. The average Bonchev–Trinajstić information content (AvgIpc) is 3.19. The molecule has 2 aromatic rings. The summed E-state index contributed by atoms with van der Waals surface area (Å²) in [7, 11) is 0. The molecular formula is C24H30F3N5O2. The minimum absolute atomic E-state index is 0.291. The highest BCUT2D eigenvalue weighted by atomic mass is 19.4. The summed E-state index contributed by atoms with van der Waals surface area (Å²) in [5, 5.41) is 4.84. The van der Waals surface area contributed by atoms with Gasteiger partial charge in [-0.05, 0) is 62.0 Å². The van der Waals surface area contributed by atoms with Crippen molar-refractivity contribution in [2.24, 2.45) is 17.8 Å². The van der Waals surface area contributed by atoms with Crippen molar-refractivity contribution in [2.75, 3.05) is 32.0 Å². The van der Waals surface area contributed by atoms with Gasteiger partial charge in [-0.25, -0.2) is 4.98 Å². The molecule has 1 aliphatic heterocycles. The van der Waals surface area contributed by atoms with E-state index in [9.17, 15) is 13.2 Å². The number of morpholine rings is 1. The fraction of sp³-hybridized carbons (Fsp3) is 0.667. The lowest BCUT2D eigenvalue weighted by Gasteiger charge is -2.38. The van der Waals surface area contributed by atoms with Gasteiger partial charge in [-0.1, -0.05) is 0 Å². The third kappa shape index (κ3) is 4.37.